The van der Waals surface area contributed by atoms with E-state index in [2.05, 4.69) is 15.3 Å². The molecule has 1 aliphatic carbocycles. The molecule has 5 nitrogen and oxygen atoms in total. The SMILES string of the molecule is Cc1c(Nc2nc(=O)ccn2CC2=CC(F)C(F)C(F)=C2)ccc2[nH]ccc12. The smallest absolute Gasteiger partial charge is 0.274 e. The van der Waals surface area contributed by atoms with Crippen LogP contribution < -0.4 is 10.9 Å². The average Bonchev–Trinajstić information content (AvgIpc) is 3.14. The van der Waals surface area contributed by atoms with Gasteiger partial charge in [-0.1, -0.05) is 0 Å². The van der Waals surface area contributed by atoms with Crippen LogP contribution in [0, 0.1) is 6.92 Å². The van der Waals surface area contributed by atoms with Gasteiger partial charge in [-0.3, -0.25) is 4.79 Å². The number of nitrogens with one attached hydrogen (secondary N) is 2. The van der Waals surface area contributed by atoms with E-state index in [0.717, 1.165) is 34.3 Å². The zero-order valence-corrected chi connectivity index (χ0v) is 14.9. The molecule has 2 aromatic heterocycles. The maximum atomic E-state index is 13.6. The van der Waals surface area contributed by atoms with E-state index in [4.69, 9.17) is 0 Å². The second-order valence-corrected chi connectivity index (χ2v) is 6.64. The molecule has 4 rings (SSSR count). The molecule has 0 radical (unpaired) electrons. The maximum absolute atomic E-state index is 13.6. The Labute approximate surface area is 158 Å². The first kappa shape index (κ1) is 18.1. The van der Waals surface area contributed by atoms with Gasteiger partial charge >= 0.3 is 0 Å². The van der Waals surface area contributed by atoms with Crippen molar-refractivity contribution >= 4 is 22.5 Å². The minimum absolute atomic E-state index is 0.0294. The van der Waals surface area contributed by atoms with Crippen molar-refractivity contribution in [1.29, 1.82) is 0 Å². The highest BCUT2D eigenvalue weighted by Gasteiger charge is 2.27. The van der Waals surface area contributed by atoms with Crippen molar-refractivity contribution in [3.05, 3.63) is 76.1 Å². The predicted molar refractivity (Wildman–Crippen MR) is 102 cm³/mol. The molecular weight excluding hydrogens is 369 g/mol. The Morgan fingerprint density at radius 3 is 2.86 bits per heavy atom. The molecule has 2 atom stereocenters. The number of hydrogen-bond acceptors (Lipinski definition) is 3. The van der Waals surface area contributed by atoms with Crippen molar-refractivity contribution in [3.8, 4) is 0 Å². The highest BCUT2D eigenvalue weighted by Crippen LogP contribution is 2.28. The molecule has 1 aromatic carbocycles. The summed E-state index contributed by atoms with van der Waals surface area (Å²) in [5.74, 6) is -0.930. The van der Waals surface area contributed by atoms with E-state index < -0.39 is 23.7 Å². The van der Waals surface area contributed by atoms with E-state index in [9.17, 15) is 18.0 Å². The summed E-state index contributed by atoms with van der Waals surface area (Å²) in [5.41, 5.74) is 2.47. The number of H-pyrrole nitrogens is 1. The number of benzene rings is 1. The van der Waals surface area contributed by atoms with Gasteiger partial charge in [0.15, 0.2) is 12.3 Å². The number of aryl methyl sites for hydroxylation is 1. The van der Waals surface area contributed by atoms with Gasteiger partial charge in [0.05, 0.1) is 6.54 Å². The monoisotopic (exact) mass is 386 g/mol. The van der Waals surface area contributed by atoms with E-state index in [1.807, 2.05) is 31.3 Å². The lowest BCUT2D eigenvalue weighted by Crippen LogP contribution is -2.22. The summed E-state index contributed by atoms with van der Waals surface area (Å²) in [7, 11) is 0. The van der Waals surface area contributed by atoms with Crippen molar-refractivity contribution < 1.29 is 13.2 Å². The van der Waals surface area contributed by atoms with Crippen LogP contribution in [0.2, 0.25) is 0 Å². The molecule has 8 heteroatoms. The van der Waals surface area contributed by atoms with Crippen molar-refractivity contribution in [2.75, 3.05) is 5.32 Å². The summed E-state index contributed by atoms with van der Waals surface area (Å²) in [6.07, 6.45) is 1.00. The molecule has 1 aliphatic rings. The predicted octanol–water partition coefficient (Wildman–Crippen LogP) is 4.25. The number of rotatable bonds is 4. The van der Waals surface area contributed by atoms with Gasteiger partial charge in [0, 0.05) is 35.1 Å². The molecule has 0 aliphatic heterocycles. The van der Waals surface area contributed by atoms with E-state index in [0.29, 0.717) is 0 Å². The summed E-state index contributed by atoms with van der Waals surface area (Å²) in [6, 6.07) is 6.94. The standard InChI is InChI=1S/C20H17F3N4O/c1-11-13-4-6-24-17(13)3-2-16(11)25-20-26-18(28)5-7-27(20)10-12-8-14(21)19(23)15(22)9-12/h2-9,14,19,24H,10H2,1H3,(H,25,26,28). The summed E-state index contributed by atoms with van der Waals surface area (Å²) in [6.45, 7) is 1.96. The molecule has 0 fully saturated rings. The molecular formula is C20H17F3N4O. The number of allylic oxidation sites excluding steroid dienone is 4. The van der Waals surface area contributed by atoms with Crippen LogP contribution in [0.5, 0.6) is 0 Å². The van der Waals surface area contributed by atoms with Crippen LogP contribution in [0.1, 0.15) is 5.56 Å². The normalized spacial score (nSPS) is 19.4. The van der Waals surface area contributed by atoms with Crippen LogP contribution in [0.25, 0.3) is 10.9 Å². The molecule has 0 amide bonds. The first-order valence-corrected chi connectivity index (χ1v) is 8.69. The second-order valence-electron chi connectivity index (χ2n) is 6.64. The minimum atomic E-state index is -2.27. The van der Waals surface area contributed by atoms with Crippen LogP contribution >= 0.6 is 0 Å². The van der Waals surface area contributed by atoms with Crippen LogP contribution in [0.3, 0.4) is 0 Å². The zero-order valence-electron chi connectivity index (χ0n) is 14.9. The summed E-state index contributed by atoms with van der Waals surface area (Å²) < 4.78 is 42.1. The van der Waals surface area contributed by atoms with Crippen molar-refractivity contribution in [1.82, 2.24) is 14.5 Å². The van der Waals surface area contributed by atoms with Crippen LogP contribution in [-0.2, 0) is 6.54 Å². The highest BCUT2D eigenvalue weighted by atomic mass is 19.2. The van der Waals surface area contributed by atoms with Gasteiger partial charge in [-0.25, -0.2) is 13.2 Å². The molecule has 0 saturated carbocycles. The van der Waals surface area contributed by atoms with Crippen LogP contribution in [0.15, 0.2) is 65.0 Å². The zero-order chi connectivity index (χ0) is 19.8. The molecule has 3 aromatic rings. The first-order valence-electron chi connectivity index (χ1n) is 8.69. The Bertz CT molecular complexity index is 1160. The lowest BCUT2D eigenvalue weighted by molar-refractivity contribution is 0.205. The molecule has 2 N–H and O–H groups in total. The largest absolute Gasteiger partial charge is 0.361 e. The third kappa shape index (κ3) is 3.33. The Morgan fingerprint density at radius 1 is 1.25 bits per heavy atom. The number of aromatic nitrogens is 3. The summed E-state index contributed by atoms with van der Waals surface area (Å²) >= 11 is 0. The average molecular weight is 386 g/mol. The van der Waals surface area contributed by atoms with E-state index in [1.165, 1.54) is 12.3 Å². The third-order valence-electron chi connectivity index (χ3n) is 4.73. The van der Waals surface area contributed by atoms with Crippen molar-refractivity contribution in [2.24, 2.45) is 0 Å². The Hall–Kier alpha value is -3.29. The molecule has 144 valence electrons. The fourth-order valence-corrected chi connectivity index (χ4v) is 3.24. The van der Waals surface area contributed by atoms with Crippen molar-refractivity contribution in [3.63, 3.8) is 0 Å². The van der Waals surface area contributed by atoms with E-state index in [1.54, 1.807) is 4.57 Å². The Balaban J connectivity index is 1.68. The lowest BCUT2D eigenvalue weighted by Gasteiger charge is -2.19. The van der Waals surface area contributed by atoms with Crippen LogP contribution in [-0.4, -0.2) is 26.9 Å². The van der Waals surface area contributed by atoms with Gasteiger partial charge in [0.1, 0.15) is 5.83 Å². The maximum Gasteiger partial charge on any atom is 0.274 e. The Morgan fingerprint density at radius 2 is 2.07 bits per heavy atom. The summed E-state index contributed by atoms with van der Waals surface area (Å²) in [4.78, 5) is 18.9. The number of halogens is 3. The van der Waals surface area contributed by atoms with Gasteiger partial charge in [0.2, 0.25) is 5.95 Å². The number of nitrogens with zero attached hydrogens (tertiary/aromatic N) is 2. The quantitative estimate of drug-likeness (QED) is 0.705. The van der Waals surface area contributed by atoms with E-state index in [-0.39, 0.29) is 18.1 Å². The molecule has 0 bridgehead atoms. The number of aromatic amines is 1. The molecule has 0 spiro atoms. The van der Waals surface area contributed by atoms with Gasteiger partial charge in [-0.05, 0) is 48.4 Å². The lowest BCUT2D eigenvalue weighted by atomic mass is 10.0. The number of hydrogen-bond donors (Lipinski definition) is 2. The molecule has 28 heavy (non-hydrogen) atoms. The van der Waals surface area contributed by atoms with Gasteiger partial charge < -0.3 is 14.9 Å². The van der Waals surface area contributed by atoms with Crippen molar-refractivity contribution in [2.45, 2.75) is 25.8 Å². The number of fused-ring (bicyclic) bond motifs is 1. The van der Waals surface area contributed by atoms with Gasteiger partial charge in [-0.15, -0.1) is 0 Å². The van der Waals surface area contributed by atoms with E-state index >= 15 is 0 Å². The number of alkyl halides is 2. The molecule has 2 unspecified atom stereocenters. The fourth-order valence-electron chi connectivity index (χ4n) is 3.24. The fraction of sp³-hybridized carbons (Fsp3) is 0.200. The summed E-state index contributed by atoms with van der Waals surface area (Å²) in [5, 5.41) is 4.13. The van der Waals surface area contributed by atoms with Crippen LogP contribution in [0.4, 0.5) is 24.8 Å². The molecule has 2 heterocycles. The minimum Gasteiger partial charge on any atom is -0.361 e. The number of anilines is 2. The van der Waals surface area contributed by atoms with Gasteiger partial charge in [0.25, 0.3) is 5.56 Å². The second kappa shape index (κ2) is 7.03. The first-order chi connectivity index (χ1) is 13.4. The van der Waals surface area contributed by atoms with Gasteiger partial charge in [-0.2, -0.15) is 4.98 Å². The Kier molecular flexibility index (Phi) is 4.54. The highest BCUT2D eigenvalue weighted by molar-refractivity contribution is 5.88. The third-order valence-corrected chi connectivity index (χ3v) is 4.73. The molecule has 0 saturated heterocycles. The topological polar surface area (TPSA) is 62.7 Å².